The van der Waals surface area contributed by atoms with Gasteiger partial charge in [0.05, 0.1) is 12.8 Å². The number of hydrogen-bond acceptors (Lipinski definition) is 3. The van der Waals surface area contributed by atoms with E-state index in [2.05, 4.69) is 24.2 Å². The van der Waals surface area contributed by atoms with E-state index < -0.39 is 0 Å². The van der Waals surface area contributed by atoms with Crippen LogP contribution in [0.5, 0.6) is 0 Å². The van der Waals surface area contributed by atoms with Crippen molar-refractivity contribution < 1.29 is 4.42 Å². The maximum Gasteiger partial charge on any atom is 0.117 e. The highest BCUT2D eigenvalue weighted by Gasteiger charge is 2.21. The van der Waals surface area contributed by atoms with Crippen molar-refractivity contribution in [2.24, 2.45) is 5.92 Å². The predicted molar refractivity (Wildman–Crippen MR) is 65.2 cm³/mol. The summed E-state index contributed by atoms with van der Waals surface area (Å²) in [7, 11) is 2.16. The van der Waals surface area contributed by atoms with Crippen molar-refractivity contribution >= 4 is 0 Å². The molecule has 2 heterocycles. The molecule has 2 atom stereocenters. The van der Waals surface area contributed by atoms with E-state index >= 15 is 0 Å². The monoisotopic (exact) mass is 222 g/mol. The zero-order valence-corrected chi connectivity index (χ0v) is 10.3. The Morgan fingerprint density at radius 1 is 1.56 bits per heavy atom. The van der Waals surface area contributed by atoms with Crippen LogP contribution in [-0.2, 0) is 6.54 Å². The minimum absolute atomic E-state index is 0.633. The van der Waals surface area contributed by atoms with E-state index in [1.807, 2.05) is 12.1 Å². The highest BCUT2D eigenvalue weighted by atomic mass is 16.3. The standard InChI is InChI=1S/C13H22N2O/c1-11-5-3-7-14-13(11)10-15(2)9-12-6-4-8-16-12/h4,6,8,11,13-14H,3,5,7,9-10H2,1-2H3. The Morgan fingerprint density at radius 3 is 3.12 bits per heavy atom. The van der Waals surface area contributed by atoms with Gasteiger partial charge in [-0.25, -0.2) is 0 Å². The molecule has 3 heteroatoms. The molecule has 1 aliphatic heterocycles. The number of piperidine rings is 1. The Labute approximate surface area is 97.8 Å². The van der Waals surface area contributed by atoms with Crippen molar-refractivity contribution in [3.05, 3.63) is 24.2 Å². The maximum atomic E-state index is 5.36. The molecule has 2 rings (SSSR count). The van der Waals surface area contributed by atoms with Gasteiger partial charge in [-0.05, 0) is 44.5 Å². The molecular weight excluding hydrogens is 200 g/mol. The number of rotatable bonds is 4. The molecule has 0 saturated carbocycles. The van der Waals surface area contributed by atoms with Gasteiger partial charge < -0.3 is 9.73 Å². The van der Waals surface area contributed by atoms with Gasteiger partial charge >= 0.3 is 0 Å². The van der Waals surface area contributed by atoms with E-state index in [9.17, 15) is 0 Å². The van der Waals surface area contributed by atoms with Crippen molar-refractivity contribution in [2.45, 2.75) is 32.4 Å². The van der Waals surface area contributed by atoms with Crippen LogP contribution >= 0.6 is 0 Å². The van der Waals surface area contributed by atoms with Gasteiger partial charge in [0.25, 0.3) is 0 Å². The summed E-state index contributed by atoms with van der Waals surface area (Å²) in [5.41, 5.74) is 0. The molecule has 0 bridgehead atoms. The summed E-state index contributed by atoms with van der Waals surface area (Å²) in [6.07, 6.45) is 4.41. The molecule has 2 unspecified atom stereocenters. The number of furan rings is 1. The van der Waals surface area contributed by atoms with Gasteiger partial charge in [-0.1, -0.05) is 6.92 Å². The first-order valence-corrected chi connectivity index (χ1v) is 6.20. The van der Waals surface area contributed by atoms with Gasteiger partial charge in [-0.3, -0.25) is 4.90 Å². The van der Waals surface area contributed by atoms with Crippen molar-refractivity contribution in [3.63, 3.8) is 0 Å². The Morgan fingerprint density at radius 2 is 2.44 bits per heavy atom. The Balaban J connectivity index is 1.79. The van der Waals surface area contributed by atoms with Gasteiger partial charge in [0.1, 0.15) is 5.76 Å². The largest absolute Gasteiger partial charge is 0.468 e. The van der Waals surface area contributed by atoms with Crippen LogP contribution in [0.4, 0.5) is 0 Å². The normalized spacial score (nSPS) is 26.2. The van der Waals surface area contributed by atoms with Crippen molar-refractivity contribution in [1.82, 2.24) is 10.2 Å². The lowest BCUT2D eigenvalue weighted by atomic mass is 9.92. The van der Waals surface area contributed by atoms with Crippen LogP contribution in [0.25, 0.3) is 0 Å². The Bertz CT molecular complexity index is 297. The molecule has 1 aromatic heterocycles. The number of likely N-dealkylation sites (N-methyl/N-ethyl adjacent to an activating group) is 1. The Hall–Kier alpha value is -0.800. The van der Waals surface area contributed by atoms with Gasteiger partial charge in [0, 0.05) is 12.6 Å². The number of nitrogens with one attached hydrogen (secondary N) is 1. The lowest BCUT2D eigenvalue weighted by Crippen LogP contribution is -2.46. The summed E-state index contributed by atoms with van der Waals surface area (Å²) in [6.45, 7) is 5.51. The van der Waals surface area contributed by atoms with Gasteiger partial charge in [0.15, 0.2) is 0 Å². The average Bonchev–Trinajstić information content (AvgIpc) is 2.74. The Kier molecular flexibility index (Phi) is 4.02. The van der Waals surface area contributed by atoms with Crippen LogP contribution in [0.1, 0.15) is 25.5 Å². The molecule has 1 N–H and O–H groups in total. The molecule has 1 aliphatic rings. The molecule has 1 saturated heterocycles. The van der Waals surface area contributed by atoms with E-state index in [4.69, 9.17) is 4.42 Å². The molecule has 0 aromatic carbocycles. The third kappa shape index (κ3) is 3.09. The summed E-state index contributed by atoms with van der Waals surface area (Å²) in [4.78, 5) is 2.33. The summed E-state index contributed by atoms with van der Waals surface area (Å²) in [5.74, 6) is 1.83. The highest BCUT2D eigenvalue weighted by molar-refractivity contribution is 4.97. The topological polar surface area (TPSA) is 28.4 Å². The summed E-state index contributed by atoms with van der Waals surface area (Å²) in [5, 5.41) is 3.61. The van der Waals surface area contributed by atoms with Gasteiger partial charge in [-0.15, -0.1) is 0 Å². The molecule has 3 nitrogen and oxygen atoms in total. The molecule has 16 heavy (non-hydrogen) atoms. The second-order valence-electron chi connectivity index (χ2n) is 4.96. The van der Waals surface area contributed by atoms with E-state index in [-0.39, 0.29) is 0 Å². The quantitative estimate of drug-likeness (QED) is 0.845. The highest BCUT2D eigenvalue weighted by Crippen LogP contribution is 2.16. The fraction of sp³-hybridized carbons (Fsp3) is 0.692. The minimum atomic E-state index is 0.633. The molecule has 0 aliphatic carbocycles. The van der Waals surface area contributed by atoms with E-state index in [1.165, 1.54) is 19.4 Å². The van der Waals surface area contributed by atoms with Crippen LogP contribution in [0.15, 0.2) is 22.8 Å². The molecule has 1 fully saturated rings. The fourth-order valence-corrected chi connectivity index (χ4v) is 2.43. The van der Waals surface area contributed by atoms with Crippen LogP contribution in [0, 0.1) is 5.92 Å². The van der Waals surface area contributed by atoms with Crippen molar-refractivity contribution in [1.29, 1.82) is 0 Å². The van der Waals surface area contributed by atoms with E-state index in [0.717, 1.165) is 24.8 Å². The molecular formula is C13H22N2O. The smallest absolute Gasteiger partial charge is 0.117 e. The van der Waals surface area contributed by atoms with Crippen molar-refractivity contribution in [3.8, 4) is 0 Å². The number of nitrogens with zero attached hydrogens (tertiary/aromatic N) is 1. The summed E-state index contributed by atoms with van der Waals surface area (Å²) >= 11 is 0. The predicted octanol–water partition coefficient (Wildman–Crippen LogP) is 2.10. The summed E-state index contributed by atoms with van der Waals surface area (Å²) < 4.78 is 5.36. The second kappa shape index (κ2) is 5.51. The van der Waals surface area contributed by atoms with E-state index in [0.29, 0.717) is 6.04 Å². The lowest BCUT2D eigenvalue weighted by Gasteiger charge is -2.33. The minimum Gasteiger partial charge on any atom is -0.468 e. The third-order valence-electron chi connectivity index (χ3n) is 3.44. The van der Waals surface area contributed by atoms with Gasteiger partial charge in [0.2, 0.25) is 0 Å². The first-order valence-electron chi connectivity index (χ1n) is 6.20. The summed E-state index contributed by atoms with van der Waals surface area (Å²) in [6, 6.07) is 4.62. The first-order chi connectivity index (χ1) is 7.75. The van der Waals surface area contributed by atoms with Crippen molar-refractivity contribution in [2.75, 3.05) is 20.1 Å². The van der Waals surface area contributed by atoms with Crippen LogP contribution in [0.2, 0.25) is 0 Å². The molecule has 0 radical (unpaired) electrons. The van der Waals surface area contributed by atoms with Gasteiger partial charge in [-0.2, -0.15) is 0 Å². The fourth-order valence-electron chi connectivity index (χ4n) is 2.43. The second-order valence-corrected chi connectivity index (χ2v) is 4.96. The van der Waals surface area contributed by atoms with Crippen LogP contribution in [-0.4, -0.2) is 31.1 Å². The zero-order valence-electron chi connectivity index (χ0n) is 10.3. The molecule has 0 amide bonds. The number of hydrogen-bond donors (Lipinski definition) is 1. The molecule has 90 valence electrons. The molecule has 0 spiro atoms. The third-order valence-corrected chi connectivity index (χ3v) is 3.44. The zero-order chi connectivity index (χ0) is 11.4. The molecule has 1 aromatic rings. The maximum absolute atomic E-state index is 5.36. The van der Waals surface area contributed by atoms with Crippen LogP contribution < -0.4 is 5.32 Å². The first kappa shape index (κ1) is 11.7. The van der Waals surface area contributed by atoms with Crippen LogP contribution in [0.3, 0.4) is 0 Å². The lowest BCUT2D eigenvalue weighted by molar-refractivity contribution is 0.203. The van der Waals surface area contributed by atoms with E-state index in [1.54, 1.807) is 6.26 Å². The SMILES string of the molecule is CC1CCCNC1CN(C)Cc1ccco1. The average molecular weight is 222 g/mol.